The van der Waals surface area contributed by atoms with Crippen LogP contribution in [0.15, 0.2) is 42.5 Å². The molecule has 1 saturated carbocycles. The van der Waals surface area contributed by atoms with Gasteiger partial charge in [0.25, 0.3) is 0 Å². The smallest absolute Gasteiger partial charge is 0.245 e. The number of carbonyl (C=O) groups excluding carboxylic acids is 3. The highest BCUT2D eigenvalue weighted by Gasteiger charge is 2.30. The van der Waals surface area contributed by atoms with Crippen molar-refractivity contribution < 1.29 is 14.4 Å². The number of hydrogen-bond donors (Lipinski definition) is 4. The zero-order valence-corrected chi connectivity index (χ0v) is 22.9. The van der Waals surface area contributed by atoms with E-state index in [1.54, 1.807) is 4.90 Å². The molecule has 208 valence electrons. The van der Waals surface area contributed by atoms with E-state index in [-0.39, 0.29) is 37.1 Å². The highest BCUT2D eigenvalue weighted by atomic mass is 35.5. The first kappa shape index (κ1) is 29.9. The van der Waals surface area contributed by atoms with Crippen molar-refractivity contribution >= 4 is 40.9 Å². The van der Waals surface area contributed by atoms with Gasteiger partial charge < -0.3 is 26.6 Å². The third kappa shape index (κ3) is 9.26. The molecule has 1 aliphatic carbocycles. The van der Waals surface area contributed by atoms with E-state index < -0.39 is 11.9 Å². The minimum absolute atomic E-state index is 0. The van der Waals surface area contributed by atoms with Crippen LogP contribution in [-0.2, 0) is 20.8 Å². The van der Waals surface area contributed by atoms with Gasteiger partial charge in [-0.3, -0.25) is 14.4 Å². The van der Waals surface area contributed by atoms with Crippen LogP contribution >= 0.6 is 12.4 Å². The summed E-state index contributed by atoms with van der Waals surface area (Å²) in [4.78, 5) is 39.6. The molecule has 0 spiro atoms. The van der Waals surface area contributed by atoms with Gasteiger partial charge in [0.2, 0.25) is 17.7 Å². The van der Waals surface area contributed by atoms with Gasteiger partial charge in [0.1, 0.15) is 6.04 Å². The number of fused-ring (bicyclic) bond motifs is 1. The Bertz CT molecular complexity index is 1060. The van der Waals surface area contributed by atoms with E-state index in [1.165, 1.54) is 25.7 Å². The molecule has 2 aliphatic rings. The predicted molar refractivity (Wildman–Crippen MR) is 153 cm³/mol. The van der Waals surface area contributed by atoms with Gasteiger partial charge in [0, 0.05) is 19.1 Å². The lowest BCUT2D eigenvalue weighted by Crippen LogP contribution is -2.52. The molecule has 5 N–H and O–H groups in total. The molecule has 2 aromatic rings. The summed E-state index contributed by atoms with van der Waals surface area (Å²) in [7, 11) is 0. The van der Waals surface area contributed by atoms with Gasteiger partial charge >= 0.3 is 0 Å². The maximum atomic E-state index is 13.2. The zero-order chi connectivity index (χ0) is 26.0. The minimum atomic E-state index is -0.932. The molecule has 1 saturated heterocycles. The number of nitrogens with two attached hydrogens (primary N) is 1. The maximum Gasteiger partial charge on any atom is 0.245 e. The minimum Gasteiger partial charge on any atom is -0.370 e. The van der Waals surface area contributed by atoms with Crippen LogP contribution in [0.25, 0.3) is 10.8 Å². The lowest BCUT2D eigenvalue weighted by atomic mass is 9.96. The number of hydrogen-bond acceptors (Lipinski definition) is 5. The number of carbonyl (C=O) groups is 3. The molecule has 38 heavy (non-hydrogen) atoms. The molecule has 4 rings (SSSR count). The van der Waals surface area contributed by atoms with E-state index in [0.29, 0.717) is 19.0 Å². The number of benzene rings is 2. The molecule has 1 aliphatic heterocycles. The van der Waals surface area contributed by atoms with Crippen molar-refractivity contribution in [2.24, 2.45) is 11.7 Å². The topological polar surface area (TPSA) is 117 Å². The largest absolute Gasteiger partial charge is 0.370 e. The van der Waals surface area contributed by atoms with E-state index in [1.807, 2.05) is 42.5 Å². The summed E-state index contributed by atoms with van der Waals surface area (Å²) in [6.45, 7) is 4.35. The van der Waals surface area contributed by atoms with Crippen molar-refractivity contribution in [3.63, 3.8) is 0 Å². The van der Waals surface area contributed by atoms with Gasteiger partial charge in [0.05, 0.1) is 12.8 Å². The Morgan fingerprint density at radius 1 is 0.947 bits per heavy atom. The van der Waals surface area contributed by atoms with Crippen LogP contribution in [0.4, 0.5) is 0 Å². The summed E-state index contributed by atoms with van der Waals surface area (Å²) in [5.41, 5.74) is 6.31. The molecule has 0 bridgehead atoms. The van der Waals surface area contributed by atoms with Crippen molar-refractivity contribution in [3.8, 4) is 0 Å². The van der Waals surface area contributed by atoms with Crippen LogP contribution in [0, 0.1) is 5.92 Å². The number of nitrogens with one attached hydrogen (secondary N) is 3. The number of unbranched alkanes of at least 4 members (excludes halogenated alkanes) is 1. The predicted octanol–water partition coefficient (Wildman–Crippen LogP) is 2.52. The fourth-order valence-electron chi connectivity index (χ4n) is 5.12. The Kier molecular flexibility index (Phi) is 11.8. The summed E-state index contributed by atoms with van der Waals surface area (Å²) in [5.74, 6) is -0.582. The fraction of sp³-hybridized carbons (Fsp3) is 0.552. The lowest BCUT2D eigenvalue weighted by Gasteiger charge is -2.34. The molecular weight excluding hydrogens is 502 g/mol. The van der Waals surface area contributed by atoms with E-state index in [4.69, 9.17) is 5.73 Å². The molecule has 9 heteroatoms. The molecular formula is C29H42ClN5O3. The van der Waals surface area contributed by atoms with Crippen molar-refractivity contribution in [2.45, 2.75) is 63.5 Å². The number of piperidine rings is 1. The van der Waals surface area contributed by atoms with Gasteiger partial charge in [0.15, 0.2) is 0 Å². The summed E-state index contributed by atoms with van der Waals surface area (Å²) in [6.07, 6.45) is 6.80. The van der Waals surface area contributed by atoms with Gasteiger partial charge in [-0.1, -0.05) is 42.5 Å². The summed E-state index contributed by atoms with van der Waals surface area (Å²) >= 11 is 0. The number of rotatable bonds is 14. The van der Waals surface area contributed by atoms with Gasteiger partial charge in [-0.2, -0.15) is 0 Å². The number of likely N-dealkylation sites (tertiary alicyclic amines) is 1. The molecule has 0 unspecified atom stereocenters. The fourth-order valence-corrected chi connectivity index (χ4v) is 5.12. The van der Waals surface area contributed by atoms with Gasteiger partial charge in [-0.25, -0.2) is 0 Å². The van der Waals surface area contributed by atoms with Crippen LogP contribution in [-0.4, -0.2) is 67.4 Å². The monoisotopic (exact) mass is 543 g/mol. The Morgan fingerprint density at radius 3 is 2.39 bits per heavy atom. The second-order valence-electron chi connectivity index (χ2n) is 10.5. The first-order valence-corrected chi connectivity index (χ1v) is 13.8. The van der Waals surface area contributed by atoms with E-state index >= 15 is 0 Å². The summed E-state index contributed by atoms with van der Waals surface area (Å²) in [6, 6.07) is 13.6. The average Bonchev–Trinajstić information content (AvgIpc) is 3.72. The van der Waals surface area contributed by atoms with Crippen LogP contribution in [0.1, 0.15) is 50.5 Å². The van der Waals surface area contributed by atoms with Crippen LogP contribution in [0.2, 0.25) is 0 Å². The normalized spacial score (nSPS) is 16.6. The number of nitrogens with zero attached hydrogens (tertiary/aromatic N) is 1. The van der Waals surface area contributed by atoms with Crippen LogP contribution in [0.3, 0.4) is 0 Å². The molecule has 1 atom stereocenters. The Balaban J connectivity index is 0.00000400. The number of primary amides is 1. The highest BCUT2D eigenvalue weighted by molar-refractivity contribution is 5.94. The average molecular weight is 544 g/mol. The molecule has 1 heterocycles. The zero-order valence-electron chi connectivity index (χ0n) is 22.1. The molecule has 0 aromatic heterocycles. The maximum absolute atomic E-state index is 13.2. The quantitative estimate of drug-likeness (QED) is 0.273. The van der Waals surface area contributed by atoms with Crippen LogP contribution in [0.5, 0.6) is 0 Å². The van der Waals surface area contributed by atoms with Crippen molar-refractivity contribution in [1.82, 2.24) is 20.9 Å². The standard InChI is InChI=1S/C29H41N5O3.ClH/c30-27(35)19-26(33-28(36)18-23-8-5-7-22-6-1-2-9-25(22)23)29(37)34-16-12-21(13-17-34)20-31-14-3-4-15-32-24-10-11-24;/h1-2,5-9,21,24,26,31-32H,3-4,10-20H2,(H2,30,35)(H,33,36);1H/t26-;/m0./s1. The van der Waals surface area contributed by atoms with E-state index in [9.17, 15) is 14.4 Å². The van der Waals surface area contributed by atoms with E-state index in [0.717, 1.165) is 54.9 Å². The SMILES string of the molecule is Cl.NC(=O)C[C@H](NC(=O)Cc1cccc2ccccc12)C(=O)N1CCC(CNCCCCNC2CC2)CC1. The third-order valence-electron chi connectivity index (χ3n) is 7.42. The third-order valence-corrected chi connectivity index (χ3v) is 7.42. The van der Waals surface area contributed by atoms with Crippen molar-refractivity contribution in [1.29, 1.82) is 0 Å². The Labute approximate surface area is 231 Å². The lowest BCUT2D eigenvalue weighted by molar-refractivity contribution is -0.139. The molecule has 0 radical (unpaired) electrons. The first-order valence-electron chi connectivity index (χ1n) is 13.8. The van der Waals surface area contributed by atoms with Gasteiger partial charge in [-0.15, -0.1) is 12.4 Å². The molecule has 8 nitrogen and oxygen atoms in total. The van der Waals surface area contributed by atoms with E-state index in [2.05, 4.69) is 16.0 Å². The van der Waals surface area contributed by atoms with Gasteiger partial charge in [-0.05, 0) is 80.4 Å². The first-order chi connectivity index (χ1) is 18.0. The second kappa shape index (κ2) is 15.0. The number of halogens is 1. The Morgan fingerprint density at radius 2 is 1.66 bits per heavy atom. The molecule has 2 fully saturated rings. The summed E-state index contributed by atoms with van der Waals surface area (Å²) < 4.78 is 0. The highest BCUT2D eigenvalue weighted by Crippen LogP contribution is 2.20. The molecule has 3 amide bonds. The second-order valence-corrected chi connectivity index (χ2v) is 10.5. The Hall–Kier alpha value is -2.68. The summed E-state index contributed by atoms with van der Waals surface area (Å²) in [5, 5.41) is 12.0. The van der Waals surface area contributed by atoms with Crippen molar-refractivity contribution in [3.05, 3.63) is 48.0 Å². The molecule has 2 aromatic carbocycles. The number of amides is 3. The van der Waals surface area contributed by atoms with Crippen LogP contribution < -0.4 is 21.7 Å². The van der Waals surface area contributed by atoms with Crippen molar-refractivity contribution in [2.75, 3.05) is 32.7 Å².